The molecule has 2 aromatic carbocycles. The first-order chi connectivity index (χ1) is 10.3. The first-order valence-corrected chi connectivity index (χ1v) is 6.87. The van der Waals surface area contributed by atoms with Crippen molar-refractivity contribution < 1.29 is 9.66 Å². The summed E-state index contributed by atoms with van der Waals surface area (Å²) in [5.74, 6) is 0.644. The van der Waals surface area contributed by atoms with E-state index in [1.807, 2.05) is 18.2 Å². The van der Waals surface area contributed by atoms with Crippen LogP contribution in [0.15, 0.2) is 54.6 Å². The first kappa shape index (κ1) is 17.9. The molecule has 22 heavy (non-hydrogen) atoms. The van der Waals surface area contributed by atoms with Crippen LogP contribution in [0.25, 0.3) is 0 Å². The Morgan fingerprint density at radius 3 is 2.32 bits per heavy atom. The number of halogens is 1. The van der Waals surface area contributed by atoms with Crippen molar-refractivity contribution in [3.05, 3.63) is 70.3 Å². The highest BCUT2D eigenvalue weighted by atomic mass is 35.5. The number of nitrogens with one attached hydrogen (secondary N) is 1. The fourth-order valence-electron chi connectivity index (χ4n) is 1.91. The van der Waals surface area contributed by atoms with Gasteiger partial charge >= 0.3 is 0 Å². The fourth-order valence-corrected chi connectivity index (χ4v) is 1.91. The number of non-ortho nitro benzene ring substituents is 1. The molecule has 0 amide bonds. The molecule has 2 rings (SSSR count). The molecule has 5 nitrogen and oxygen atoms in total. The lowest BCUT2D eigenvalue weighted by Crippen LogP contribution is -2.23. The molecule has 0 fully saturated rings. The van der Waals surface area contributed by atoms with Crippen LogP contribution in [0, 0.1) is 10.1 Å². The topological polar surface area (TPSA) is 64.4 Å². The van der Waals surface area contributed by atoms with E-state index in [4.69, 9.17) is 4.74 Å². The molecule has 0 saturated heterocycles. The summed E-state index contributed by atoms with van der Waals surface area (Å²) < 4.78 is 5.51. The van der Waals surface area contributed by atoms with Gasteiger partial charge in [0, 0.05) is 18.7 Å². The molecule has 0 aromatic heterocycles. The standard InChI is InChI=1S/C16H18N2O3.ClH/c19-18(20)15-6-8-16(9-7-15)21-13-12-17-11-10-14-4-2-1-3-5-14;/h1-9,17H,10-13H2;1H. The molecule has 2 aromatic rings. The molecule has 0 aliphatic carbocycles. The molecule has 1 N–H and O–H groups in total. The molecule has 0 aliphatic heterocycles. The van der Waals surface area contributed by atoms with Gasteiger partial charge in [0.1, 0.15) is 12.4 Å². The smallest absolute Gasteiger partial charge is 0.269 e. The number of rotatable bonds is 8. The zero-order chi connectivity index (χ0) is 14.9. The van der Waals surface area contributed by atoms with E-state index in [1.165, 1.54) is 17.7 Å². The molecule has 0 radical (unpaired) electrons. The van der Waals surface area contributed by atoms with Gasteiger partial charge < -0.3 is 10.1 Å². The molecule has 0 heterocycles. The van der Waals surface area contributed by atoms with E-state index in [-0.39, 0.29) is 18.1 Å². The summed E-state index contributed by atoms with van der Waals surface area (Å²) in [7, 11) is 0. The minimum absolute atomic E-state index is 0. The zero-order valence-corrected chi connectivity index (χ0v) is 12.9. The Kier molecular flexibility index (Phi) is 7.96. The van der Waals surface area contributed by atoms with Gasteiger partial charge in [0.2, 0.25) is 0 Å². The maximum atomic E-state index is 10.5. The molecule has 6 heteroatoms. The highest BCUT2D eigenvalue weighted by Crippen LogP contribution is 2.16. The van der Waals surface area contributed by atoms with Crippen molar-refractivity contribution in [3.63, 3.8) is 0 Å². The van der Waals surface area contributed by atoms with Crippen molar-refractivity contribution in [1.82, 2.24) is 5.32 Å². The lowest BCUT2D eigenvalue weighted by atomic mass is 10.1. The second-order valence-corrected chi connectivity index (χ2v) is 4.59. The average Bonchev–Trinajstić information content (AvgIpc) is 2.52. The van der Waals surface area contributed by atoms with Gasteiger partial charge in [-0.25, -0.2) is 0 Å². The van der Waals surface area contributed by atoms with Crippen LogP contribution >= 0.6 is 12.4 Å². The van der Waals surface area contributed by atoms with Crippen LogP contribution in [-0.2, 0) is 6.42 Å². The number of nitrogens with zero attached hydrogens (tertiary/aromatic N) is 1. The number of ether oxygens (including phenoxy) is 1. The molecule has 0 aliphatic rings. The summed E-state index contributed by atoms with van der Waals surface area (Å²) in [6.45, 7) is 2.17. The van der Waals surface area contributed by atoms with Gasteiger partial charge in [0.05, 0.1) is 4.92 Å². The third kappa shape index (κ3) is 6.11. The third-order valence-corrected chi connectivity index (χ3v) is 3.03. The predicted octanol–water partition coefficient (Wildman–Crippen LogP) is 3.23. The fraction of sp³-hybridized carbons (Fsp3) is 0.250. The Bertz CT molecular complexity index is 561. The molecule has 0 atom stereocenters. The van der Waals surface area contributed by atoms with Crippen molar-refractivity contribution in [2.24, 2.45) is 0 Å². The van der Waals surface area contributed by atoms with Crippen molar-refractivity contribution in [3.8, 4) is 5.75 Å². The van der Waals surface area contributed by atoms with Crippen LogP contribution < -0.4 is 10.1 Å². The Hall–Kier alpha value is -2.11. The summed E-state index contributed by atoms with van der Waals surface area (Å²) in [6.07, 6.45) is 0.984. The monoisotopic (exact) mass is 322 g/mol. The minimum atomic E-state index is -0.422. The van der Waals surface area contributed by atoms with Crippen LogP contribution in [0.2, 0.25) is 0 Å². The van der Waals surface area contributed by atoms with Crippen LogP contribution in [0.5, 0.6) is 5.75 Å². The highest BCUT2D eigenvalue weighted by molar-refractivity contribution is 5.85. The Morgan fingerprint density at radius 2 is 1.68 bits per heavy atom. The van der Waals surface area contributed by atoms with Gasteiger partial charge in [0.15, 0.2) is 0 Å². The third-order valence-electron chi connectivity index (χ3n) is 3.03. The lowest BCUT2D eigenvalue weighted by molar-refractivity contribution is -0.384. The van der Waals surface area contributed by atoms with E-state index in [0.29, 0.717) is 12.4 Å². The normalized spacial score (nSPS) is 9.82. The van der Waals surface area contributed by atoms with E-state index in [2.05, 4.69) is 17.4 Å². The zero-order valence-electron chi connectivity index (χ0n) is 12.1. The second kappa shape index (κ2) is 9.76. The average molecular weight is 323 g/mol. The van der Waals surface area contributed by atoms with Crippen molar-refractivity contribution in [2.45, 2.75) is 6.42 Å². The van der Waals surface area contributed by atoms with Gasteiger partial charge in [-0.2, -0.15) is 0 Å². The summed E-state index contributed by atoms with van der Waals surface area (Å²) in [5, 5.41) is 13.8. The van der Waals surface area contributed by atoms with Gasteiger partial charge in [-0.05, 0) is 30.7 Å². The molecule has 0 bridgehead atoms. The van der Waals surface area contributed by atoms with Crippen LogP contribution in [-0.4, -0.2) is 24.6 Å². The van der Waals surface area contributed by atoms with E-state index in [0.717, 1.165) is 19.5 Å². The molecule has 0 unspecified atom stereocenters. The quantitative estimate of drug-likeness (QED) is 0.460. The Balaban J connectivity index is 0.00000242. The molecule has 118 valence electrons. The SMILES string of the molecule is Cl.O=[N+]([O-])c1ccc(OCCNCCc2ccccc2)cc1. The maximum Gasteiger partial charge on any atom is 0.269 e. The molecule has 0 spiro atoms. The highest BCUT2D eigenvalue weighted by Gasteiger charge is 2.03. The summed E-state index contributed by atoms with van der Waals surface area (Å²) in [4.78, 5) is 10.1. The van der Waals surface area contributed by atoms with Crippen LogP contribution in [0.3, 0.4) is 0 Å². The number of hydrogen-bond donors (Lipinski definition) is 1. The van der Waals surface area contributed by atoms with E-state index >= 15 is 0 Å². The largest absolute Gasteiger partial charge is 0.492 e. The second-order valence-electron chi connectivity index (χ2n) is 4.59. The summed E-state index contributed by atoms with van der Waals surface area (Å²) >= 11 is 0. The number of benzene rings is 2. The first-order valence-electron chi connectivity index (χ1n) is 6.87. The number of hydrogen-bond acceptors (Lipinski definition) is 4. The van der Waals surface area contributed by atoms with Gasteiger partial charge in [0.25, 0.3) is 5.69 Å². The van der Waals surface area contributed by atoms with E-state index in [9.17, 15) is 10.1 Å². The summed E-state index contributed by atoms with van der Waals surface area (Å²) in [5.41, 5.74) is 1.38. The number of nitro groups is 1. The minimum Gasteiger partial charge on any atom is -0.492 e. The van der Waals surface area contributed by atoms with Gasteiger partial charge in [-0.15, -0.1) is 12.4 Å². The predicted molar refractivity (Wildman–Crippen MR) is 88.9 cm³/mol. The van der Waals surface area contributed by atoms with E-state index < -0.39 is 4.92 Å². The summed E-state index contributed by atoms with van der Waals surface area (Å²) in [6, 6.07) is 16.4. The number of nitro benzene ring substituents is 1. The van der Waals surface area contributed by atoms with Crippen LogP contribution in [0.1, 0.15) is 5.56 Å². The van der Waals surface area contributed by atoms with Crippen molar-refractivity contribution in [2.75, 3.05) is 19.7 Å². The van der Waals surface area contributed by atoms with Gasteiger partial charge in [-0.1, -0.05) is 30.3 Å². The Morgan fingerprint density at radius 1 is 1.00 bits per heavy atom. The van der Waals surface area contributed by atoms with E-state index in [1.54, 1.807) is 12.1 Å². The Labute approximate surface area is 135 Å². The maximum absolute atomic E-state index is 10.5. The molecule has 0 saturated carbocycles. The molecular weight excluding hydrogens is 304 g/mol. The lowest BCUT2D eigenvalue weighted by Gasteiger charge is -2.07. The van der Waals surface area contributed by atoms with Gasteiger partial charge in [-0.3, -0.25) is 10.1 Å². The van der Waals surface area contributed by atoms with Crippen molar-refractivity contribution in [1.29, 1.82) is 0 Å². The van der Waals surface area contributed by atoms with Crippen molar-refractivity contribution >= 4 is 18.1 Å². The molecular formula is C16H19ClN2O3. The van der Waals surface area contributed by atoms with Crippen LogP contribution in [0.4, 0.5) is 5.69 Å².